The van der Waals surface area contributed by atoms with E-state index in [1.165, 1.54) is 22.3 Å². The zero-order valence-electron chi connectivity index (χ0n) is 16.8. The summed E-state index contributed by atoms with van der Waals surface area (Å²) in [7, 11) is 0. The summed E-state index contributed by atoms with van der Waals surface area (Å²) in [6.45, 7) is 0. The van der Waals surface area contributed by atoms with E-state index in [1.807, 2.05) is 36.4 Å². The average molecular weight is 453 g/mol. The van der Waals surface area contributed by atoms with Crippen molar-refractivity contribution in [1.82, 2.24) is 0 Å². The highest BCUT2D eigenvalue weighted by molar-refractivity contribution is 7.16. The van der Waals surface area contributed by atoms with Gasteiger partial charge in [-0.3, -0.25) is 4.79 Å². The molecule has 5 aromatic rings. The molecular weight excluding hydrogens is 436 g/mol. The second-order valence-electron chi connectivity index (χ2n) is 8.03. The molecule has 0 spiro atoms. The fourth-order valence-corrected chi connectivity index (χ4v) is 6.43. The van der Waals surface area contributed by atoms with Crippen molar-refractivity contribution < 1.29 is 9.47 Å². The maximum Gasteiger partial charge on any atom is 0.264 e. The van der Waals surface area contributed by atoms with Gasteiger partial charge < -0.3 is 9.47 Å². The zero-order valence-corrected chi connectivity index (χ0v) is 18.4. The Kier molecular flexibility index (Phi) is 3.86. The normalized spacial score (nSPS) is 18.8. The van der Waals surface area contributed by atoms with Gasteiger partial charge in [-0.25, -0.2) is 0 Å². The summed E-state index contributed by atoms with van der Waals surface area (Å²) in [6, 6.07) is 22.5. The Morgan fingerprint density at radius 1 is 0.844 bits per heavy atom. The summed E-state index contributed by atoms with van der Waals surface area (Å²) < 4.78 is 13.8. The van der Waals surface area contributed by atoms with E-state index in [2.05, 4.69) is 47.2 Å². The van der Waals surface area contributed by atoms with Crippen molar-refractivity contribution in [2.75, 3.05) is 0 Å². The summed E-state index contributed by atoms with van der Waals surface area (Å²) in [5, 5.41) is 7.55. The lowest BCUT2D eigenvalue weighted by molar-refractivity contribution is 0.0249. The minimum Gasteiger partial charge on any atom is -0.450 e. The van der Waals surface area contributed by atoms with Gasteiger partial charge >= 0.3 is 0 Å². The number of ether oxygens (including phenoxy) is 2. The highest BCUT2D eigenvalue weighted by atomic mass is 32.1. The van der Waals surface area contributed by atoms with Gasteiger partial charge in [0.15, 0.2) is 0 Å². The first-order chi connectivity index (χ1) is 15.8. The topological polar surface area (TPSA) is 35.5 Å². The number of fused-ring (bicyclic) bond motifs is 7. The molecule has 0 fully saturated rings. The molecule has 4 heterocycles. The summed E-state index contributed by atoms with van der Waals surface area (Å²) in [5.41, 5.74) is 3.91. The van der Waals surface area contributed by atoms with Crippen LogP contribution in [0.2, 0.25) is 0 Å². The van der Waals surface area contributed by atoms with E-state index >= 15 is 0 Å². The van der Waals surface area contributed by atoms with Gasteiger partial charge in [-0.15, -0.1) is 0 Å². The third-order valence-electron chi connectivity index (χ3n) is 6.27. The van der Waals surface area contributed by atoms with E-state index in [1.54, 1.807) is 11.3 Å². The Labute approximate surface area is 191 Å². The predicted molar refractivity (Wildman–Crippen MR) is 131 cm³/mol. The van der Waals surface area contributed by atoms with Gasteiger partial charge in [0.1, 0.15) is 11.5 Å². The zero-order chi connectivity index (χ0) is 21.2. The van der Waals surface area contributed by atoms with Gasteiger partial charge in [-0.2, -0.15) is 11.3 Å². The van der Waals surface area contributed by atoms with Gasteiger partial charge in [-0.05, 0) is 57.4 Å². The van der Waals surface area contributed by atoms with Crippen LogP contribution in [-0.2, 0) is 0 Å². The molecule has 7 rings (SSSR count). The van der Waals surface area contributed by atoms with Gasteiger partial charge in [0.05, 0.1) is 5.56 Å². The van der Waals surface area contributed by atoms with Gasteiger partial charge in [-0.1, -0.05) is 53.8 Å². The first-order valence-corrected chi connectivity index (χ1v) is 12.2. The van der Waals surface area contributed by atoms with Gasteiger partial charge in [0, 0.05) is 27.1 Å². The van der Waals surface area contributed by atoms with Crippen LogP contribution in [0, 0.1) is 0 Å². The summed E-state index contributed by atoms with van der Waals surface area (Å²) in [6.07, 6.45) is 1.44. The second-order valence-corrected chi connectivity index (χ2v) is 9.82. The summed E-state index contributed by atoms with van der Waals surface area (Å²) in [4.78, 5) is 13.1. The summed E-state index contributed by atoms with van der Waals surface area (Å²) >= 11 is 2.94. The summed E-state index contributed by atoms with van der Waals surface area (Å²) in [5.74, 6) is 1.41. The fraction of sp³-hybridized carbons (Fsp3) is 0.0741. The molecule has 2 atom stereocenters. The van der Waals surface area contributed by atoms with Crippen LogP contribution in [0.3, 0.4) is 0 Å². The van der Waals surface area contributed by atoms with Gasteiger partial charge in [0.2, 0.25) is 4.74 Å². The van der Waals surface area contributed by atoms with Crippen molar-refractivity contribution in [2.45, 2.75) is 12.2 Å². The molecule has 2 aliphatic heterocycles. The standard InChI is InChI=1S/C27H16O3S2/c28-26-20-13-19-23(16-11-12-31-14-16)24-17-6-2-1-5-15(17)9-10-21(24)29-27(19)30-25(20)18-7-3-4-8-22(18)32-26/h1-14,23,27H/t23-,27+/m1/s1. The predicted octanol–water partition coefficient (Wildman–Crippen LogP) is 6.80. The van der Waals surface area contributed by atoms with Crippen LogP contribution < -0.4 is 14.2 Å². The number of rotatable bonds is 1. The van der Waals surface area contributed by atoms with Crippen LogP contribution in [0.25, 0.3) is 26.9 Å². The van der Waals surface area contributed by atoms with Crippen LogP contribution in [-0.4, -0.2) is 6.29 Å². The molecule has 0 aliphatic carbocycles. The van der Waals surface area contributed by atoms with Crippen LogP contribution in [0.15, 0.2) is 87.9 Å². The number of hydrogen-bond acceptors (Lipinski definition) is 5. The third kappa shape index (κ3) is 2.55. The van der Waals surface area contributed by atoms with E-state index in [0.717, 1.165) is 32.4 Å². The molecule has 0 amide bonds. The van der Waals surface area contributed by atoms with Crippen molar-refractivity contribution >= 4 is 49.6 Å². The maximum absolute atomic E-state index is 13.1. The molecule has 154 valence electrons. The Hall–Kier alpha value is -3.41. The molecule has 32 heavy (non-hydrogen) atoms. The smallest absolute Gasteiger partial charge is 0.264 e. The Bertz CT molecular complexity index is 1610. The number of benzene rings is 3. The van der Waals surface area contributed by atoms with E-state index in [-0.39, 0.29) is 10.7 Å². The lowest BCUT2D eigenvalue weighted by Gasteiger charge is -2.38. The quantitative estimate of drug-likeness (QED) is 0.280. The molecule has 3 aromatic carbocycles. The van der Waals surface area contributed by atoms with Crippen LogP contribution in [0.1, 0.15) is 22.6 Å². The van der Waals surface area contributed by atoms with Gasteiger partial charge in [0.25, 0.3) is 6.29 Å². The van der Waals surface area contributed by atoms with Crippen molar-refractivity contribution in [2.24, 2.45) is 0 Å². The number of thiophene rings is 1. The maximum atomic E-state index is 13.1. The fourth-order valence-electron chi connectivity index (χ4n) is 4.87. The monoisotopic (exact) mass is 452 g/mol. The van der Waals surface area contributed by atoms with Crippen LogP contribution >= 0.6 is 22.7 Å². The van der Waals surface area contributed by atoms with Crippen molar-refractivity contribution in [3.63, 3.8) is 0 Å². The first kappa shape index (κ1) is 18.2. The third-order valence-corrected chi connectivity index (χ3v) is 7.95. The highest BCUT2D eigenvalue weighted by Crippen LogP contribution is 2.50. The average Bonchev–Trinajstić information content (AvgIpc) is 3.36. The molecule has 2 aromatic heterocycles. The second kappa shape index (κ2) is 6.79. The molecule has 2 aliphatic rings. The van der Waals surface area contributed by atoms with E-state index < -0.39 is 6.29 Å². The molecule has 3 nitrogen and oxygen atoms in total. The number of hydrogen-bond donors (Lipinski definition) is 0. The molecule has 0 saturated carbocycles. The van der Waals surface area contributed by atoms with Crippen LogP contribution in [0.5, 0.6) is 11.5 Å². The Morgan fingerprint density at radius 3 is 2.56 bits per heavy atom. The largest absolute Gasteiger partial charge is 0.450 e. The lowest BCUT2D eigenvalue weighted by Crippen LogP contribution is -2.36. The molecular formula is C27H16O3S2. The van der Waals surface area contributed by atoms with Crippen LogP contribution in [0.4, 0.5) is 0 Å². The molecule has 0 saturated heterocycles. The van der Waals surface area contributed by atoms with Crippen molar-refractivity contribution in [3.05, 3.63) is 109 Å². The molecule has 0 unspecified atom stereocenters. The van der Waals surface area contributed by atoms with E-state index in [0.29, 0.717) is 11.3 Å². The van der Waals surface area contributed by atoms with Crippen molar-refractivity contribution in [1.29, 1.82) is 0 Å². The van der Waals surface area contributed by atoms with E-state index in [9.17, 15) is 4.79 Å². The highest BCUT2D eigenvalue weighted by Gasteiger charge is 2.40. The molecule has 5 heteroatoms. The Morgan fingerprint density at radius 2 is 1.69 bits per heavy atom. The Balaban J connectivity index is 1.54. The molecule has 0 N–H and O–H groups in total. The SMILES string of the molecule is O=c1sc2ccccc2c2c1C=C1[C@@H](Oc3ccc4ccccc4c3[C@@H]1c1ccsc1)O2. The molecule has 0 bridgehead atoms. The minimum atomic E-state index is -0.573. The van der Waals surface area contributed by atoms with E-state index in [4.69, 9.17) is 9.47 Å². The lowest BCUT2D eigenvalue weighted by atomic mass is 9.80. The molecule has 0 radical (unpaired) electrons. The first-order valence-electron chi connectivity index (χ1n) is 10.4. The van der Waals surface area contributed by atoms with Crippen molar-refractivity contribution in [3.8, 4) is 11.5 Å². The minimum absolute atomic E-state index is 0.0115.